The van der Waals surface area contributed by atoms with Crippen LogP contribution in [0, 0.1) is 6.92 Å². The molecule has 3 nitrogen and oxygen atoms in total. The fraction of sp³-hybridized carbons (Fsp3) is 0.636. The Morgan fingerprint density at radius 3 is 2.40 bits per heavy atom. The van der Waals surface area contributed by atoms with Gasteiger partial charge >= 0.3 is 0 Å². The molecule has 1 N–H and O–H groups in total. The predicted molar refractivity (Wildman–Crippen MR) is 64.4 cm³/mol. The Bertz CT molecular complexity index is 314. The number of halogens is 1. The fourth-order valence-electron chi connectivity index (χ4n) is 1.33. The van der Waals surface area contributed by atoms with E-state index >= 15 is 0 Å². The molecule has 0 radical (unpaired) electrons. The van der Waals surface area contributed by atoms with Crippen LogP contribution in [0.25, 0.3) is 0 Å². The van der Waals surface area contributed by atoms with E-state index in [9.17, 15) is 0 Å². The molecule has 4 heteroatoms. The molecule has 15 heavy (non-hydrogen) atoms. The van der Waals surface area contributed by atoms with Crippen LogP contribution in [0.2, 0.25) is 5.15 Å². The highest BCUT2D eigenvalue weighted by Crippen LogP contribution is 2.21. The number of hydrogen-bond acceptors (Lipinski definition) is 3. The standard InChI is InChI=1S/C11H18ClN3/c1-5-11(4,6-2)15-10-7-9(12)13-8(3)14-10/h7H,5-6H2,1-4H3,(H,13,14,15). The molecular formula is C11H18ClN3. The quantitative estimate of drug-likeness (QED) is 0.801. The molecule has 0 aliphatic heterocycles. The molecule has 0 atom stereocenters. The molecule has 0 fully saturated rings. The number of anilines is 1. The van der Waals surface area contributed by atoms with Crippen molar-refractivity contribution in [3.05, 3.63) is 17.0 Å². The van der Waals surface area contributed by atoms with E-state index in [1.165, 1.54) is 0 Å². The SMILES string of the molecule is CCC(C)(CC)Nc1cc(Cl)nc(C)n1. The Morgan fingerprint density at radius 1 is 1.33 bits per heavy atom. The van der Waals surface area contributed by atoms with Crippen molar-refractivity contribution in [2.75, 3.05) is 5.32 Å². The van der Waals surface area contributed by atoms with Crippen molar-refractivity contribution < 1.29 is 0 Å². The van der Waals surface area contributed by atoms with Gasteiger partial charge in [0.15, 0.2) is 0 Å². The molecular weight excluding hydrogens is 210 g/mol. The molecule has 0 aliphatic rings. The van der Waals surface area contributed by atoms with Crippen LogP contribution in [0.3, 0.4) is 0 Å². The number of rotatable bonds is 4. The molecule has 84 valence electrons. The van der Waals surface area contributed by atoms with Crippen LogP contribution < -0.4 is 5.32 Å². The zero-order valence-corrected chi connectivity index (χ0v) is 10.5. The number of nitrogens with one attached hydrogen (secondary N) is 1. The third-order valence-corrected chi connectivity index (χ3v) is 2.99. The second-order valence-corrected chi connectivity index (χ2v) is 4.40. The Morgan fingerprint density at radius 2 is 1.93 bits per heavy atom. The highest BCUT2D eigenvalue weighted by molar-refractivity contribution is 6.29. The third-order valence-electron chi connectivity index (χ3n) is 2.80. The Labute approximate surface area is 96.3 Å². The van der Waals surface area contributed by atoms with E-state index in [1.54, 1.807) is 6.07 Å². The number of aryl methyl sites for hydroxylation is 1. The van der Waals surface area contributed by atoms with E-state index in [1.807, 2.05) is 6.92 Å². The van der Waals surface area contributed by atoms with E-state index < -0.39 is 0 Å². The summed E-state index contributed by atoms with van der Waals surface area (Å²) in [6, 6.07) is 1.76. The van der Waals surface area contributed by atoms with Gasteiger partial charge in [-0.1, -0.05) is 25.4 Å². The molecule has 0 amide bonds. The molecule has 0 saturated carbocycles. The molecule has 1 heterocycles. The Kier molecular flexibility index (Phi) is 3.91. The second-order valence-electron chi connectivity index (χ2n) is 4.02. The molecule has 0 unspecified atom stereocenters. The third kappa shape index (κ3) is 3.34. The first-order valence-electron chi connectivity index (χ1n) is 5.28. The summed E-state index contributed by atoms with van der Waals surface area (Å²) in [5.74, 6) is 1.50. The summed E-state index contributed by atoms with van der Waals surface area (Å²) in [5, 5.41) is 3.89. The molecule has 0 spiro atoms. The van der Waals surface area contributed by atoms with Crippen molar-refractivity contribution in [1.29, 1.82) is 0 Å². The van der Waals surface area contributed by atoms with E-state index in [4.69, 9.17) is 11.6 Å². The topological polar surface area (TPSA) is 37.8 Å². The maximum atomic E-state index is 5.87. The van der Waals surface area contributed by atoms with Crippen LogP contribution in [0.15, 0.2) is 6.07 Å². The van der Waals surface area contributed by atoms with Crippen molar-refractivity contribution >= 4 is 17.4 Å². The van der Waals surface area contributed by atoms with Gasteiger partial charge in [0, 0.05) is 11.6 Å². The van der Waals surface area contributed by atoms with Gasteiger partial charge in [0.1, 0.15) is 16.8 Å². The van der Waals surface area contributed by atoms with Crippen LogP contribution in [0.4, 0.5) is 5.82 Å². The van der Waals surface area contributed by atoms with Crippen LogP contribution in [-0.4, -0.2) is 15.5 Å². The number of nitrogens with zero attached hydrogens (tertiary/aromatic N) is 2. The first-order valence-corrected chi connectivity index (χ1v) is 5.66. The molecule has 0 aliphatic carbocycles. The smallest absolute Gasteiger partial charge is 0.134 e. The summed E-state index contributed by atoms with van der Waals surface area (Å²) in [6.45, 7) is 8.34. The van der Waals surface area contributed by atoms with E-state index in [0.29, 0.717) is 11.0 Å². The first-order chi connectivity index (χ1) is 6.99. The van der Waals surface area contributed by atoms with Gasteiger partial charge in [-0.3, -0.25) is 0 Å². The summed E-state index contributed by atoms with van der Waals surface area (Å²) in [5.41, 5.74) is 0.0735. The predicted octanol–water partition coefficient (Wildman–Crippen LogP) is 3.43. The lowest BCUT2D eigenvalue weighted by atomic mass is 9.96. The van der Waals surface area contributed by atoms with Gasteiger partial charge in [-0.15, -0.1) is 0 Å². The summed E-state index contributed by atoms with van der Waals surface area (Å²) in [6.07, 6.45) is 2.09. The minimum Gasteiger partial charge on any atom is -0.365 e. The lowest BCUT2D eigenvalue weighted by Crippen LogP contribution is -2.33. The van der Waals surface area contributed by atoms with Gasteiger partial charge < -0.3 is 5.32 Å². The minimum absolute atomic E-state index is 0.0735. The number of aromatic nitrogens is 2. The van der Waals surface area contributed by atoms with Crippen LogP contribution in [0.5, 0.6) is 0 Å². The van der Waals surface area contributed by atoms with Crippen molar-refractivity contribution in [1.82, 2.24) is 9.97 Å². The van der Waals surface area contributed by atoms with E-state index in [0.717, 1.165) is 18.7 Å². The monoisotopic (exact) mass is 227 g/mol. The van der Waals surface area contributed by atoms with Gasteiger partial charge in [-0.05, 0) is 26.7 Å². The summed E-state index contributed by atoms with van der Waals surface area (Å²) in [7, 11) is 0. The highest BCUT2D eigenvalue weighted by Gasteiger charge is 2.19. The summed E-state index contributed by atoms with van der Waals surface area (Å²) in [4.78, 5) is 8.34. The average Bonchev–Trinajstić information content (AvgIpc) is 2.16. The van der Waals surface area contributed by atoms with Crippen LogP contribution in [0.1, 0.15) is 39.4 Å². The first kappa shape index (κ1) is 12.2. The van der Waals surface area contributed by atoms with E-state index in [2.05, 4.69) is 36.1 Å². The lowest BCUT2D eigenvalue weighted by Gasteiger charge is -2.28. The van der Waals surface area contributed by atoms with Gasteiger partial charge in [0.2, 0.25) is 0 Å². The Hall–Kier alpha value is -0.830. The summed E-state index contributed by atoms with van der Waals surface area (Å²) < 4.78 is 0. The minimum atomic E-state index is 0.0735. The van der Waals surface area contributed by atoms with Crippen LogP contribution in [-0.2, 0) is 0 Å². The van der Waals surface area contributed by atoms with Gasteiger partial charge in [-0.2, -0.15) is 0 Å². The zero-order valence-electron chi connectivity index (χ0n) is 9.76. The van der Waals surface area contributed by atoms with Crippen molar-refractivity contribution in [2.24, 2.45) is 0 Å². The van der Waals surface area contributed by atoms with Gasteiger partial charge in [0.05, 0.1) is 0 Å². The Balaban J connectivity index is 2.88. The molecule has 1 aromatic rings. The highest BCUT2D eigenvalue weighted by atomic mass is 35.5. The van der Waals surface area contributed by atoms with Gasteiger partial charge in [0.25, 0.3) is 0 Å². The van der Waals surface area contributed by atoms with Crippen LogP contribution >= 0.6 is 11.6 Å². The molecule has 1 rings (SSSR count). The second kappa shape index (κ2) is 4.79. The van der Waals surface area contributed by atoms with E-state index in [-0.39, 0.29) is 5.54 Å². The maximum Gasteiger partial charge on any atom is 0.134 e. The van der Waals surface area contributed by atoms with Gasteiger partial charge in [-0.25, -0.2) is 9.97 Å². The molecule has 1 aromatic heterocycles. The van der Waals surface area contributed by atoms with Crippen molar-refractivity contribution in [2.45, 2.75) is 46.1 Å². The largest absolute Gasteiger partial charge is 0.365 e. The fourth-order valence-corrected chi connectivity index (χ4v) is 1.56. The van der Waals surface area contributed by atoms with Crippen molar-refractivity contribution in [3.8, 4) is 0 Å². The zero-order chi connectivity index (χ0) is 11.5. The normalized spacial score (nSPS) is 11.5. The molecule has 0 aromatic carbocycles. The number of hydrogen-bond donors (Lipinski definition) is 1. The lowest BCUT2D eigenvalue weighted by molar-refractivity contribution is 0.476. The molecule has 0 saturated heterocycles. The maximum absolute atomic E-state index is 5.87. The van der Waals surface area contributed by atoms with Crippen molar-refractivity contribution in [3.63, 3.8) is 0 Å². The molecule has 0 bridgehead atoms. The summed E-state index contributed by atoms with van der Waals surface area (Å²) >= 11 is 5.87. The average molecular weight is 228 g/mol.